The Kier molecular flexibility index (Phi) is 0.283. The molecule has 0 N–H and O–H groups in total. The van der Waals surface area contributed by atoms with E-state index in [9.17, 15) is 0 Å². The zero-order valence-electron chi connectivity index (χ0n) is 2.88. The molecule has 2 aliphatic rings. The number of hydrogen-bond donors (Lipinski definition) is 0. The molecule has 0 amide bonds. The van der Waals surface area contributed by atoms with Gasteiger partial charge in [-0.3, -0.25) is 0 Å². The Morgan fingerprint density at radius 3 is 2.67 bits per heavy atom. The molecule has 6 heavy (non-hydrogen) atoms. The van der Waals surface area contributed by atoms with Crippen molar-refractivity contribution in [2.45, 2.75) is 0 Å². The molecule has 0 saturated heterocycles. The average molecular weight is 97.1 g/mol. The lowest BCUT2D eigenvalue weighted by atomic mass is 10.3. The molecule has 1 radical (unpaired) electrons. The van der Waals surface area contributed by atoms with Crippen LogP contribution in [-0.4, -0.2) is 9.36 Å². The highest BCUT2D eigenvalue weighted by atomic mass is 32.1. The lowest BCUT2D eigenvalue weighted by Crippen LogP contribution is -1.93. The number of fused-ring (bicyclic) bond motifs is 1. The molecule has 2 aliphatic heterocycles. The first-order valence-corrected chi connectivity index (χ1v) is 2.41. The van der Waals surface area contributed by atoms with E-state index in [0.29, 0.717) is 0 Å². The van der Waals surface area contributed by atoms with Crippen molar-refractivity contribution in [3.05, 3.63) is 17.3 Å². The largest absolute Gasteiger partial charge is 0.223 e. The van der Waals surface area contributed by atoms with Crippen molar-refractivity contribution in [2.24, 2.45) is 0 Å². The minimum Gasteiger partial charge on any atom is -0.223 e. The molecule has 2 bridgehead atoms. The highest BCUT2D eigenvalue weighted by molar-refractivity contribution is 7.06. The molecule has 0 atom stereocenters. The van der Waals surface area contributed by atoms with Crippen molar-refractivity contribution in [2.75, 3.05) is 0 Å². The van der Waals surface area contributed by atoms with Gasteiger partial charge >= 0.3 is 0 Å². The van der Waals surface area contributed by atoms with Gasteiger partial charge in [-0.2, -0.15) is 4.37 Å². The molecule has 0 fully saturated rings. The van der Waals surface area contributed by atoms with Crippen molar-refractivity contribution >= 4 is 11.5 Å². The second-order valence-corrected chi connectivity index (χ2v) is 1.92. The number of nitrogens with zero attached hydrogens (tertiary/aromatic N) is 2. The van der Waals surface area contributed by atoms with Crippen LogP contribution >= 0.6 is 11.5 Å². The molecule has 3 heterocycles. The minimum atomic E-state index is 0.898. The first kappa shape index (κ1) is 2.69. The lowest BCUT2D eigenvalue weighted by molar-refractivity contribution is 1.07. The molecular formula is C3HN2S. The van der Waals surface area contributed by atoms with Crippen LogP contribution in [0.5, 0.6) is 0 Å². The second kappa shape index (κ2) is 0.632. The zero-order chi connectivity index (χ0) is 3.98. The van der Waals surface area contributed by atoms with E-state index in [4.69, 9.17) is 0 Å². The Hall–Kier alpha value is -0.440. The van der Waals surface area contributed by atoms with Crippen molar-refractivity contribution in [3.8, 4) is 0 Å². The van der Waals surface area contributed by atoms with Gasteiger partial charge in [0.05, 0.1) is 6.42 Å². The van der Waals surface area contributed by atoms with E-state index in [0.717, 1.165) is 10.8 Å². The molecular weight excluding hydrogens is 96.1 g/mol. The molecule has 1 aromatic heterocycles. The fourth-order valence-electron chi connectivity index (χ4n) is 0.409. The van der Waals surface area contributed by atoms with Crippen LogP contribution in [0.25, 0.3) is 0 Å². The van der Waals surface area contributed by atoms with Crippen molar-refractivity contribution in [1.82, 2.24) is 9.36 Å². The van der Waals surface area contributed by atoms with E-state index in [1.807, 2.05) is 6.42 Å². The SMILES string of the molecule is [CH]1c2nsc1n2. The Morgan fingerprint density at radius 2 is 2.50 bits per heavy atom. The van der Waals surface area contributed by atoms with Gasteiger partial charge in [0.2, 0.25) is 0 Å². The fraction of sp³-hybridized carbons (Fsp3) is 0. The summed E-state index contributed by atoms with van der Waals surface area (Å²) in [4.78, 5) is 3.91. The lowest BCUT2D eigenvalue weighted by Gasteiger charge is -1.91. The van der Waals surface area contributed by atoms with E-state index in [2.05, 4.69) is 9.36 Å². The van der Waals surface area contributed by atoms with Gasteiger partial charge in [-0.15, -0.1) is 0 Å². The van der Waals surface area contributed by atoms with Gasteiger partial charge in [-0.25, -0.2) is 4.98 Å². The Balaban J connectivity index is 2.95. The Bertz CT molecular complexity index is 145. The predicted octanol–water partition coefficient (Wildman–Crippen LogP) is 0.452. The first-order valence-electron chi connectivity index (χ1n) is 1.63. The van der Waals surface area contributed by atoms with E-state index < -0.39 is 0 Å². The first-order chi connectivity index (χ1) is 2.95. The van der Waals surface area contributed by atoms with Crippen LogP contribution in [0.15, 0.2) is 0 Å². The minimum absolute atomic E-state index is 0.898. The topological polar surface area (TPSA) is 25.8 Å². The quantitative estimate of drug-likeness (QED) is 0.477. The number of hydrogen-bond acceptors (Lipinski definition) is 3. The van der Waals surface area contributed by atoms with Crippen molar-refractivity contribution in [1.29, 1.82) is 0 Å². The standard InChI is InChI=1S/C3HN2S/c1-2-4-3(1)6-5-2/h1H. The zero-order valence-corrected chi connectivity index (χ0v) is 3.70. The molecule has 0 unspecified atom stereocenters. The molecule has 1 aromatic rings. The van der Waals surface area contributed by atoms with Crippen LogP contribution < -0.4 is 0 Å². The van der Waals surface area contributed by atoms with Crippen LogP contribution in [0.3, 0.4) is 0 Å². The smallest absolute Gasteiger partial charge is 0.153 e. The molecule has 0 spiro atoms. The Morgan fingerprint density at radius 1 is 1.67 bits per heavy atom. The molecule has 3 rings (SSSR count). The predicted molar refractivity (Wildman–Crippen MR) is 22.4 cm³/mol. The third kappa shape index (κ3) is 0.148. The molecule has 3 heteroatoms. The Labute approximate surface area is 39.0 Å². The second-order valence-electron chi connectivity index (χ2n) is 1.14. The van der Waals surface area contributed by atoms with Gasteiger partial charge in [-0.1, -0.05) is 0 Å². The molecule has 2 nitrogen and oxygen atoms in total. The molecule has 0 aromatic carbocycles. The van der Waals surface area contributed by atoms with Gasteiger partial charge in [0.1, 0.15) is 5.01 Å². The monoisotopic (exact) mass is 97.0 g/mol. The number of rotatable bonds is 0. The van der Waals surface area contributed by atoms with Crippen LogP contribution in [0, 0.1) is 6.42 Å². The maximum absolute atomic E-state index is 3.91. The van der Waals surface area contributed by atoms with Crippen LogP contribution in [0.4, 0.5) is 0 Å². The summed E-state index contributed by atoms with van der Waals surface area (Å²) in [6.45, 7) is 0. The van der Waals surface area contributed by atoms with Gasteiger partial charge in [-0.05, 0) is 11.5 Å². The van der Waals surface area contributed by atoms with Gasteiger partial charge in [0.15, 0.2) is 5.82 Å². The van der Waals surface area contributed by atoms with E-state index in [1.54, 1.807) is 0 Å². The number of aromatic nitrogens is 2. The van der Waals surface area contributed by atoms with Crippen LogP contribution in [0.1, 0.15) is 10.8 Å². The highest BCUT2D eigenvalue weighted by Crippen LogP contribution is 2.20. The summed E-state index contributed by atoms with van der Waals surface area (Å²) >= 11 is 1.45. The molecule has 0 aliphatic carbocycles. The van der Waals surface area contributed by atoms with Gasteiger partial charge in [0.25, 0.3) is 0 Å². The van der Waals surface area contributed by atoms with Gasteiger partial charge < -0.3 is 0 Å². The molecule has 29 valence electrons. The summed E-state index contributed by atoms with van der Waals surface area (Å²) in [6, 6.07) is 0. The van der Waals surface area contributed by atoms with E-state index >= 15 is 0 Å². The average Bonchev–Trinajstić information content (AvgIpc) is 1.72. The van der Waals surface area contributed by atoms with E-state index in [1.165, 1.54) is 11.5 Å². The maximum Gasteiger partial charge on any atom is 0.153 e. The van der Waals surface area contributed by atoms with Crippen molar-refractivity contribution in [3.63, 3.8) is 0 Å². The van der Waals surface area contributed by atoms with Crippen LogP contribution in [-0.2, 0) is 0 Å². The van der Waals surface area contributed by atoms with Crippen molar-refractivity contribution < 1.29 is 0 Å². The fourth-order valence-corrected chi connectivity index (χ4v) is 0.982. The summed E-state index contributed by atoms with van der Waals surface area (Å²) in [7, 11) is 0. The summed E-state index contributed by atoms with van der Waals surface area (Å²) in [5.41, 5.74) is 0. The van der Waals surface area contributed by atoms with Gasteiger partial charge in [0, 0.05) is 0 Å². The summed E-state index contributed by atoms with van der Waals surface area (Å²) < 4.78 is 3.88. The molecule has 0 saturated carbocycles. The third-order valence-corrected chi connectivity index (χ3v) is 1.38. The van der Waals surface area contributed by atoms with E-state index in [-0.39, 0.29) is 0 Å². The van der Waals surface area contributed by atoms with Crippen LogP contribution in [0.2, 0.25) is 0 Å². The normalized spacial score (nSPS) is 14.0. The highest BCUT2D eigenvalue weighted by Gasteiger charge is 2.15. The third-order valence-electron chi connectivity index (χ3n) is 0.710. The maximum atomic E-state index is 3.91. The summed E-state index contributed by atoms with van der Waals surface area (Å²) in [5, 5.41) is 1.06. The summed E-state index contributed by atoms with van der Waals surface area (Å²) in [5.74, 6) is 0.898. The summed E-state index contributed by atoms with van der Waals surface area (Å²) in [6.07, 6.45) is 1.96.